The summed E-state index contributed by atoms with van der Waals surface area (Å²) in [7, 11) is -3.65. The molecule has 1 aliphatic carbocycles. The first kappa shape index (κ1) is 19.6. The first-order valence-electron chi connectivity index (χ1n) is 8.99. The molecule has 0 saturated heterocycles. The van der Waals surface area contributed by atoms with E-state index in [0.29, 0.717) is 18.8 Å². The van der Waals surface area contributed by atoms with E-state index in [1.807, 2.05) is 6.07 Å². The van der Waals surface area contributed by atoms with Gasteiger partial charge in [-0.05, 0) is 68.0 Å². The van der Waals surface area contributed by atoms with Gasteiger partial charge in [0.1, 0.15) is 11.6 Å². The lowest BCUT2D eigenvalue weighted by atomic mass is 9.81. The van der Waals surface area contributed by atoms with Crippen molar-refractivity contribution in [2.75, 3.05) is 6.54 Å². The number of sulfonamides is 1. The molecule has 1 saturated carbocycles. The monoisotopic (exact) mass is 394 g/mol. The van der Waals surface area contributed by atoms with E-state index < -0.39 is 15.8 Å². The van der Waals surface area contributed by atoms with Crippen molar-refractivity contribution in [1.82, 2.24) is 10.0 Å². The van der Waals surface area contributed by atoms with E-state index in [0.717, 1.165) is 37.8 Å². The molecule has 1 aromatic carbocycles. The topological polar surface area (TPSA) is 88.4 Å². The van der Waals surface area contributed by atoms with Gasteiger partial charge in [0, 0.05) is 12.5 Å². The van der Waals surface area contributed by atoms with Crippen LogP contribution in [-0.2, 0) is 21.4 Å². The predicted octanol–water partition coefficient (Wildman–Crippen LogP) is 2.82. The van der Waals surface area contributed by atoms with Gasteiger partial charge in [0.05, 0.1) is 17.7 Å². The number of furan rings is 1. The zero-order chi connectivity index (χ0) is 19.3. The van der Waals surface area contributed by atoms with Crippen molar-refractivity contribution in [3.8, 4) is 0 Å². The highest BCUT2D eigenvalue weighted by atomic mass is 32.2. The van der Waals surface area contributed by atoms with E-state index in [4.69, 9.17) is 4.42 Å². The summed E-state index contributed by atoms with van der Waals surface area (Å²) < 4.78 is 45.2. The summed E-state index contributed by atoms with van der Waals surface area (Å²) >= 11 is 0. The van der Waals surface area contributed by atoms with Crippen LogP contribution in [-0.4, -0.2) is 20.9 Å². The van der Waals surface area contributed by atoms with E-state index in [-0.39, 0.29) is 22.6 Å². The lowest BCUT2D eigenvalue weighted by molar-refractivity contribution is -0.126. The summed E-state index contributed by atoms with van der Waals surface area (Å²) in [5.74, 6) is 0.390. The third-order valence-corrected chi connectivity index (χ3v) is 6.36. The van der Waals surface area contributed by atoms with Crippen molar-refractivity contribution < 1.29 is 22.0 Å². The number of rotatable bonds is 7. The van der Waals surface area contributed by atoms with Gasteiger partial charge in [0.2, 0.25) is 15.9 Å². The fraction of sp³-hybridized carbons (Fsp3) is 0.421. The van der Waals surface area contributed by atoms with E-state index in [1.54, 1.807) is 12.3 Å². The molecule has 0 bridgehead atoms. The van der Waals surface area contributed by atoms with Crippen LogP contribution >= 0.6 is 0 Å². The van der Waals surface area contributed by atoms with Crippen LogP contribution in [0.5, 0.6) is 0 Å². The molecule has 0 unspecified atom stereocenters. The molecule has 0 aliphatic heterocycles. The zero-order valence-corrected chi connectivity index (χ0v) is 15.7. The third-order valence-electron chi connectivity index (χ3n) is 4.92. The molecular formula is C19H23FN2O4S. The Bertz CT molecular complexity index is 842. The van der Waals surface area contributed by atoms with Crippen LogP contribution in [0.25, 0.3) is 0 Å². The van der Waals surface area contributed by atoms with Crippen LogP contribution in [0, 0.1) is 17.7 Å². The van der Waals surface area contributed by atoms with Gasteiger partial charge in [-0.3, -0.25) is 4.79 Å². The molecule has 1 fully saturated rings. The lowest BCUT2D eigenvalue weighted by Gasteiger charge is -2.27. The van der Waals surface area contributed by atoms with Gasteiger partial charge in [-0.2, -0.15) is 0 Å². The smallest absolute Gasteiger partial charge is 0.240 e. The molecule has 1 aromatic heterocycles. The minimum atomic E-state index is -3.65. The Labute approximate surface area is 158 Å². The standard InChI is InChI=1S/C19H23FN2O4S/c20-16-7-9-18(10-8-16)27(24,25)22-12-14-3-5-15(6-4-14)19(23)21-13-17-2-1-11-26-17/h1-2,7-11,14-15,22H,3-6,12-13H2,(H,21,23). The van der Waals surface area contributed by atoms with Crippen LogP contribution in [0.3, 0.4) is 0 Å². The van der Waals surface area contributed by atoms with Gasteiger partial charge in [-0.15, -0.1) is 0 Å². The second-order valence-electron chi connectivity index (χ2n) is 6.82. The number of halogens is 1. The minimum absolute atomic E-state index is 0.0109. The Morgan fingerprint density at radius 3 is 2.44 bits per heavy atom. The van der Waals surface area contributed by atoms with Crippen LogP contribution in [0.4, 0.5) is 4.39 Å². The van der Waals surface area contributed by atoms with Crippen molar-refractivity contribution in [2.45, 2.75) is 37.1 Å². The number of amides is 1. The fourth-order valence-electron chi connectivity index (χ4n) is 3.29. The van der Waals surface area contributed by atoms with E-state index in [2.05, 4.69) is 10.0 Å². The van der Waals surface area contributed by atoms with Crippen molar-refractivity contribution in [3.63, 3.8) is 0 Å². The Morgan fingerprint density at radius 2 is 1.81 bits per heavy atom. The average Bonchev–Trinajstić information content (AvgIpc) is 3.19. The molecule has 27 heavy (non-hydrogen) atoms. The summed E-state index contributed by atoms with van der Waals surface area (Å²) in [6, 6.07) is 8.34. The fourth-order valence-corrected chi connectivity index (χ4v) is 4.40. The number of benzene rings is 1. The van der Waals surface area contributed by atoms with E-state index in [9.17, 15) is 17.6 Å². The Morgan fingerprint density at radius 1 is 1.11 bits per heavy atom. The van der Waals surface area contributed by atoms with Crippen molar-refractivity contribution in [1.29, 1.82) is 0 Å². The molecule has 2 N–H and O–H groups in total. The van der Waals surface area contributed by atoms with Gasteiger partial charge in [-0.25, -0.2) is 17.5 Å². The predicted molar refractivity (Wildman–Crippen MR) is 97.6 cm³/mol. The van der Waals surface area contributed by atoms with E-state index in [1.165, 1.54) is 12.1 Å². The molecule has 0 spiro atoms. The zero-order valence-electron chi connectivity index (χ0n) is 14.9. The molecule has 0 atom stereocenters. The normalized spacial score (nSPS) is 20.3. The second-order valence-corrected chi connectivity index (χ2v) is 8.59. The van der Waals surface area contributed by atoms with Gasteiger partial charge in [0.15, 0.2) is 0 Å². The number of hydrogen-bond donors (Lipinski definition) is 2. The van der Waals surface area contributed by atoms with Crippen LogP contribution < -0.4 is 10.0 Å². The molecule has 3 rings (SSSR count). The van der Waals surface area contributed by atoms with Gasteiger partial charge in [0.25, 0.3) is 0 Å². The highest BCUT2D eigenvalue weighted by Crippen LogP contribution is 2.29. The maximum Gasteiger partial charge on any atom is 0.240 e. The summed E-state index contributed by atoms with van der Waals surface area (Å²) in [5, 5.41) is 2.88. The molecule has 8 heteroatoms. The number of hydrogen-bond acceptors (Lipinski definition) is 4. The summed E-state index contributed by atoms with van der Waals surface area (Å²) in [5.41, 5.74) is 0. The van der Waals surface area contributed by atoms with Crippen molar-refractivity contribution >= 4 is 15.9 Å². The summed E-state index contributed by atoms with van der Waals surface area (Å²) in [6.07, 6.45) is 4.59. The maximum absolute atomic E-state index is 12.9. The average molecular weight is 394 g/mol. The molecule has 2 aromatic rings. The highest BCUT2D eigenvalue weighted by molar-refractivity contribution is 7.89. The summed E-state index contributed by atoms with van der Waals surface area (Å²) in [4.78, 5) is 12.3. The minimum Gasteiger partial charge on any atom is -0.467 e. The van der Waals surface area contributed by atoms with E-state index >= 15 is 0 Å². The molecule has 6 nitrogen and oxygen atoms in total. The largest absolute Gasteiger partial charge is 0.467 e. The first-order valence-corrected chi connectivity index (χ1v) is 10.5. The Balaban J connectivity index is 1.42. The Hall–Kier alpha value is -2.19. The SMILES string of the molecule is O=C(NCc1ccco1)C1CCC(CNS(=O)(=O)c2ccc(F)cc2)CC1. The van der Waals surface area contributed by atoms with Gasteiger partial charge >= 0.3 is 0 Å². The van der Waals surface area contributed by atoms with Gasteiger partial charge in [-0.1, -0.05) is 0 Å². The molecule has 1 amide bonds. The number of carbonyl (C=O) groups is 1. The molecule has 0 radical (unpaired) electrons. The van der Waals surface area contributed by atoms with Crippen LogP contribution in [0.2, 0.25) is 0 Å². The first-order chi connectivity index (χ1) is 12.9. The highest BCUT2D eigenvalue weighted by Gasteiger charge is 2.27. The molecule has 1 heterocycles. The number of carbonyl (C=O) groups excluding carboxylic acids is 1. The van der Waals surface area contributed by atoms with Crippen molar-refractivity contribution in [3.05, 3.63) is 54.2 Å². The van der Waals surface area contributed by atoms with Crippen molar-refractivity contribution in [2.24, 2.45) is 11.8 Å². The molecule has 146 valence electrons. The van der Waals surface area contributed by atoms with Crippen LogP contribution in [0.15, 0.2) is 52.0 Å². The quantitative estimate of drug-likeness (QED) is 0.756. The third kappa shape index (κ3) is 5.40. The molecule has 1 aliphatic rings. The summed E-state index contributed by atoms with van der Waals surface area (Å²) in [6.45, 7) is 0.698. The maximum atomic E-state index is 12.9. The molecular weight excluding hydrogens is 371 g/mol. The van der Waals surface area contributed by atoms with Crippen LogP contribution in [0.1, 0.15) is 31.4 Å². The Kier molecular flexibility index (Phi) is 6.28. The van der Waals surface area contributed by atoms with Gasteiger partial charge < -0.3 is 9.73 Å². The lowest BCUT2D eigenvalue weighted by Crippen LogP contribution is -2.35. The number of nitrogens with one attached hydrogen (secondary N) is 2. The second kappa shape index (κ2) is 8.67.